The summed E-state index contributed by atoms with van der Waals surface area (Å²) in [5.74, 6) is 1.70. The first-order valence-corrected chi connectivity index (χ1v) is 8.56. The van der Waals surface area contributed by atoms with Crippen LogP contribution >= 0.6 is 0 Å². The lowest BCUT2D eigenvalue weighted by Crippen LogP contribution is -2.22. The Kier molecular flexibility index (Phi) is 6.29. The average Bonchev–Trinajstić information content (AvgIpc) is 2.41. The van der Waals surface area contributed by atoms with E-state index in [1.54, 1.807) is 14.2 Å². The molecule has 1 unspecified atom stereocenters. The standard InChI is InChI=1S/C14H23NO4S/c1-11(15-8-5-9-20(4,16)17)13-7-6-12(18-2)10-14(13)19-3/h6-7,10-11,15H,5,8-9H2,1-4H3. The minimum atomic E-state index is -2.89. The Morgan fingerprint density at radius 2 is 1.95 bits per heavy atom. The number of sulfone groups is 1. The summed E-state index contributed by atoms with van der Waals surface area (Å²) >= 11 is 0. The summed E-state index contributed by atoms with van der Waals surface area (Å²) in [6, 6.07) is 5.75. The highest BCUT2D eigenvalue weighted by molar-refractivity contribution is 7.90. The van der Waals surface area contributed by atoms with Gasteiger partial charge in [0.15, 0.2) is 0 Å². The number of nitrogens with one attached hydrogen (secondary N) is 1. The highest BCUT2D eigenvalue weighted by Gasteiger charge is 2.12. The minimum absolute atomic E-state index is 0.0791. The molecule has 0 bridgehead atoms. The van der Waals surface area contributed by atoms with Gasteiger partial charge in [0.1, 0.15) is 21.3 Å². The smallest absolute Gasteiger partial charge is 0.147 e. The number of ether oxygens (including phenoxy) is 2. The molecule has 0 aliphatic carbocycles. The van der Waals surface area contributed by atoms with Crippen LogP contribution in [0, 0.1) is 0 Å². The van der Waals surface area contributed by atoms with Crippen molar-refractivity contribution in [3.63, 3.8) is 0 Å². The van der Waals surface area contributed by atoms with Gasteiger partial charge in [-0.25, -0.2) is 8.42 Å². The molecule has 1 atom stereocenters. The topological polar surface area (TPSA) is 64.6 Å². The summed E-state index contributed by atoms with van der Waals surface area (Å²) in [7, 11) is 0.342. The van der Waals surface area contributed by atoms with Crippen LogP contribution in [-0.4, -0.2) is 41.2 Å². The molecule has 0 radical (unpaired) electrons. The molecular formula is C14H23NO4S. The molecular weight excluding hydrogens is 278 g/mol. The zero-order valence-electron chi connectivity index (χ0n) is 12.5. The van der Waals surface area contributed by atoms with Gasteiger partial charge < -0.3 is 14.8 Å². The molecule has 6 heteroatoms. The fourth-order valence-electron chi connectivity index (χ4n) is 1.94. The Labute approximate surface area is 121 Å². The first-order chi connectivity index (χ1) is 9.37. The van der Waals surface area contributed by atoms with Crippen molar-refractivity contribution >= 4 is 9.84 Å². The predicted molar refractivity (Wildman–Crippen MR) is 80.3 cm³/mol. The van der Waals surface area contributed by atoms with Crippen molar-refractivity contribution in [1.29, 1.82) is 0 Å². The number of methoxy groups -OCH3 is 2. The molecule has 0 saturated carbocycles. The zero-order valence-corrected chi connectivity index (χ0v) is 13.3. The van der Waals surface area contributed by atoms with Crippen LogP contribution in [0.25, 0.3) is 0 Å². The molecule has 0 saturated heterocycles. The summed E-state index contributed by atoms with van der Waals surface area (Å²) < 4.78 is 32.6. The third kappa shape index (κ3) is 5.38. The first kappa shape index (κ1) is 16.8. The lowest BCUT2D eigenvalue weighted by atomic mass is 10.1. The number of hydrogen-bond acceptors (Lipinski definition) is 5. The molecule has 0 heterocycles. The molecule has 0 fully saturated rings. The number of rotatable bonds is 8. The van der Waals surface area contributed by atoms with Gasteiger partial charge in [-0.05, 0) is 26.0 Å². The summed E-state index contributed by atoms with van der Waals surface area (Å²) in [5, 5.41) is 3.30. The van der Waals surface area contributed by atoms with Crippen LogP contribution in [0.3, 0.4) is 0 Å². The Hall–Kier alpha value is -1.27. The Balaban J connectivity index is 2.61. The SMILES string of the molecule is COc1ccc(C(C)NCCCS(C)(=O)=O)c(OC)c1. The molecule has 0 aromatic heterocycles. The van der Waals surface area contributed by atoms with Gasteiger partial charge in [0.05, 0.1) is 20.0 Å². The van der Waals surface area contributed by atoms with Crippen molar-refractivity contribution in [2.45, 2.75) is 19.4 Å². The summed E-state index contributed by atoms with van der Waals surface area (Å²) in [6.45, 7) is 2.66. The van der Waals surface area contributed by atoms with Crippen molar-refractivity contribution in [2.24, 2.45) is 0 Å². The van der Waals surface area contributed by atoms with E-state index in [0.29, 0.717) is 13.0 Å². The molecule has 20 heavy (non-hydrogen) atoms. The molecule has 0 amide bonds. The average molecular weight is 301 g/mol. The highest BCUT2D eigenvalue weighted by atomic mass is 32.2. The van der Waals surface area contributed by atoms with Gasteiger partial charge in [0.2, 0.25) is 0 Å². The third-order valence-electron chi connectivity index (χ3n) is 3.05. The van der Waals surface area contributed by atoms with Crippen LogP contribution in [0.4, 0.5) is 0 Å². The lowest BCUT2D eigenvalue weighted by molar-refractivity contribution is 0.386. The van der Waals surface area contributed by atoms with Gasteiger partial charge in [-0.15, -0.1) is 0 Å². The fourth-order valence-corrected chi connectivity index (χ4v) is 2.61. The van der Waals surface area contributed by atoms with Crippen LogP contribution in [0.5, 0.6) is 11.5 Å². The van der Waals surface area contributed by atoms with E-state index in [0.717, 1.165) is 17.1 Å². The van der Waals surface area contributed by atoms with Gasteiger partial charge in [-0.1, -0.05) is 6.07 Å². The monoisotopic (exact) mass is 301 g/mol. The van der Waals surface area contributed by atoms with E-state index in [1.807, 2.05) is 25.1 Å². The Morgan fingerprint density at radius 3 is 2.50 bits per heavy atom. The van der Waals surface area contributed by atoms with Crippen LogP contribution in [0.1, 0.15) is 24.9 Å². The second kappa shape index (κ2) is 7.50. The van der Waals surface area contributed by atoms with Gasteiger partial charge in [-0.2, -0.15) is 0 Å². The molecule has 0 aliphatic heterocycles. The summed E-state index contributed by atoms with van der Waals surface area (Å²) in [5.41, 5.74) is 1.02. The van der Waals surface area contributed by atoms with Crippen molar-refractivity contribution in [3.05, 3.63) is 23.8 Å². The third-order valence-corrected chi connectivity index (χ3v) is 4.08. The molecule has 1 aromatic rings. The van der Waals surface area contributed by atoms with E-state index in [9.17, 15) is 8.42 Å². The van der Waals surface area contributed by atoms with E-state index in [4.69, 9.17) is 9.47 Å². The van der Waals surface area contributed by atoms with Crippen LogP contribution in [-0.2, 0) is 9.84 Å². The normalized spacial score (nSPS) is 13.0. The fraction of sp³-hybridized carbons (Fsp3) is 0.571. The van der Waals surface area contributed by atoms with Gasteiger partial charge in [0, 0.05) is 23.9 Å². The molecule has 0 spiro atoms. The summed E-state index contributed by atoms with van der Waals surface area (Å²) in [6.07, 6.45) is 1.85. The minimum Gasteiger partial charge on any atom is -0.497 e. The molecule has 1 aromatic carbocycles. The van der Waals surface area contributed by atoms with E-state index >= 15 is 0 Å². The molecule has 1 N–H and O–H groups in total. The number of benzene rings is 1. The van der Waals surface area contributed by atoms with E-state index in [-0.39, 0.29) is 11.8 Å². The van der Waals surface area contributed by atoms with Gasteiger partial charge in [0.25, 0.3) is 0 Å². The number of hydrogen-bond donors (Lipinski definition) is 1. The van der Waals surface area contributed by atoms with Crippen molar-refractivity contribution in [1.82, 2.24) is 5.32 Å². The maximum Gasteiger partial charge on any atom is 0.147 e. The molecule has 1 rings (SSSR count). The maximum absolute atomic E-state index is 11.1. The van der Waals surface area contributed by atoms with E-state index in [2.05, 4.69) is 5.32 Å². The van der Waals surface area contributed by atoms with Crippen molar-refractivity contribution in [3.8, 4) is 11.5 Å². The van der Waals surface area contributed by atoms with Crippen LogP contribution in [0.15, 0.2) is 18.2 Å². The highest BCUT2D eigenvalue weighted by Crippen LogP contribution is 2.29. The zero-order chi connectivity index (χ0) is 15.2. The van der Waals surface area contributed by atoms with Crippen molar-refractivity contribution < 1.29 is 17.9 Å². The quantitative estimate of drug-likeness (QED) is 0.742. The predicted octanol–water partition coefficient (Wildman–Crippen LogP) is 1.79. The summed E-state index contributed by atoms with van der Waals surface area (Å²) in [4.78, 5) is 0. The van der Waals surface area contributed by atoms with E-state index < -0.39 is 9.84 Å². The Morgan fingerprint density at radius 1 is 1.25 bits per heavy atom. The maximum atomic E-state index is 11.1. The largest absolute Gasteiger partial charge is 0.497 e. The second-order valence-electron chi connectivity index (χ2n) is 4.77. The van der Waals surface area contributed by atoms with Gasteiger partial charge in [-0.3, -0.25) is 0 Å². The second-order valence-corrected chi connectivity index (χ2v) is 7.03. The molecule has 5 nitrogen and oxygen atoms in total. The van der Waals surface area contributed by atoms with Crippen molar-refractivity contribution in [2.75, 3.05) is 32.8 Å². The van der Waals surface area contributed by atoms with Crippen LogP contribution in [0.2, 0.25) is 0 Å². The molecule has 114 valence electrons. The van der Waals surface area contributed by atoms with Gasteiger partial charge >= 0.3 is 0 Å². The molecule has 0 aliphatic rings. The first-order valence-electron chi connectivity index (χ1n) is 6.50. The lowest BCUT2D eigenvalue weighted by Gasteiger charge is -2.18. The van der Waals surface area contributed by atoms with Crippen LogP contribution < -0.4 is 14.8 Å². The van der Waals surface area contributed by atoms with E-state index in [1.165, 1.54) is 6.26 Å². The Bertz CT molecular complexity index is 528.